The first-order chi connectivity index (χ1) is 6.79. The molecule has 0 aliphatic carbocycles. The molecule has 0 fully saturated rings. The zero-order valence-electron chi connectivity index (χ0n) is 8.65. The molecule has 1 rings (SSSR count). The van der Waals surface area contributed by atoms with Crippen molar-refractivity contribution in [2.75, 3.05) is 0 Å². The van der Waals surface area contributed by atoms with E-state index < -0.39 is 13.5 Å². The molecule has 0 aliphatic rings. The number of aryl methyl sites for hydroxylation is 2. The summed E-state index contributed by atoms with van der Waals surface area (Å²) >= 11 is 0. The lowest BCUT2D eigenvalue weighted by Gasteiger charge is -2.10. The van der Waals surface area contributed by atoms with E-state index in [4.69, 9.17) is 11.0 Å². The monoisotopic (exact) mass is 227 g/mol. The topological polar surface area (TPSA) is 98.2 Å². The van der Waals surface area contributed by atoms with Crippen molar-refractivity contribution in [2.45, 2.75) is 13.8 Å². The van der Waals surface area contributed by atoms with E-state index in [1.54, 1.807) is 19.1 Å². The molecule has 0 unspecified atom stereocenters. The Kier molecular flexibility index (Phi) is 3.29. The molecule has 0 bridgehead atoms. The lowest BCUT2D eigenvalue weighted by Crippen LogP contribution is -2.28. The minimum atomic E-state index is -3.52. The maximum absolute atomic E-state index is 11.5. The number of carbonyl (C=O) groups excluding carboxylic acids is 1. The van der Waals surface area contributed by atoms with Gasteiger partial charge in [0.05, 0.1) is 0 Å². The Morgan fingerprint density at radius 2 is 1.93 bits per heavy atom. The molecule has 82 valence electrons. The number of carbonyl (C=O) groups is 1. The van der Waals surface area contributed by atoms with E-state index in [0.717, 1.165) is 11.1 Å². The van der Waals surface area contributed by atoms with Crippen LogP contribution in [0.3, 0.4) is 0 Å². The Balaban J connectivity index is 2.97. The molecule has 0 aromatic heterocycles. The Hall–Kier alpha value is -1.16. The van der Waals surface area contributed by atoms with Crippen LogP contribution in [0.2, 0.25) is 0 Å². The van der Waals surface area contributed by atoms with Crippen molar-refractivity contribution in [1.29, 1.82) is 0 Å². The highest BCUT2D eigenvalue weighted by Gasteiger charge is 2.15. The molecule has 0 radical (unpaired) electrons. The van der Waals surface area contributed by atoms with Crippen LogP contribution in [-0.2, 0) is 4.57 Å². The van der Waals surface area contributed by atoms with Crippen molar-refractivity contribution in [1.82, 2.24) is 5.09 Å². The summed E-state index contributed by atoms with van der Waals surface area (Å²) in [5.41, 5.74) is 12.4. The van der Waals surface area contributed by atoms with Crippen LogP contribution in [-0.4, -0.2) is 5.91 Å². The fraction of sp³-hybridized carbons (Fsp3) is 0.222. The van der Waals surface area contributed by atoms with Gasteiger partial charge in [-0.3, -0.25) is 25.5 Å². The second-order valence-electron chi connectivity index (χ2n) is 3.47. The second kappa shape index (κ2) is 4.14. The molecule has 5 N–H and O–H groups in total. The van der Waals surface area contributed by atoms with E-state index in [2.05, 4.69) is 5.09 Å². The summed E-state index contributed by atoms with van der Waals surface area (Å²) in [6, 6.07) is 5.29. The predicted octanol–water partition coefficient (Wildman–Crippen LogP) is 1.06. The summed E-state index contributed by atoms with van der Waals surface area (Å²) in [4.78, 5) is 11.5. The largest absolute Gasteiger partial charge is 0.300 e. The summed E-state index contributed by atoms with van der Waals surface area (Å²) in [6.45, 7) is 3.71. The van der Waals surface area contributed by atoms with E-state index in [-0.39, 0.29) is 0 Å². The smallest absolute Gasteiger partial charge is 0.279 e. The molecule has 1 aromatic rings. The minimum absolute atomic E-state index is 0.428. The van der Waals surface area contributed by atoms with Gasteiger partial charge in [0.15, 0.2) is 0 Å². The van der Waals surface area contributed by atoms with Crippen molar-refractivity contribution in [2.24, 2.45) is 11.0 Å². The lowest BCUT2D eigenvalue weighted by molar-refractivity contribution is 0.0980. The lowest BCUT2D eigenvalue weighted by atomic mass is 10.1. The summed E-state index contributed by atoms with van der Waals surface area (Å²) in [5.74, 6) is -0.513. The van der Waals surface area contributed by atoms with Gasteiger partial charge in [-0.1, -0.05) is 17.7 Å². The Labute approximate surface area is 88.4 Å². The highest BCUT2D eigenvalue weighted by molar-refractivity contribution is 7.57. The minimum Gasteiger partial charge on any atom is -0.279 e. The summed E-state index contributed by atoms with van der Waals surface area (Å²) < 4.78 is 11.0. The molecule has 0 saturated heterocycles. The number of rotatable bonds is 2. The van der Waals surface area contributed by atoms with Gasteiger partial charge in [-0.25, -0.2) is 0 Å². The molecule has 1 amide bonds. The van der Waals surface area contributed by atoms with Gasteiger partial charge in [-0.15, -0.1) is 0 Å². The molecule has 0 spiro atoms. The van der Waals surface area contributed by atoms with Crippen LogP contribution in [0.15, 0.2) is 18.2 Å². The zero-order chi connectivity index (χ0) is 11.6. The number of benzene rings is 1. The van der Waals surface area contributed by atoms with Crippen LogP contribution in [0.4, 0.5) is 0 Å². The van der Waals surface area contributed by atoms with Gasteiger partial charge in [0.2, 0.25) is 0 Å². The van der Waals surface area contributed by atoms with Gasteiger partial charge in [-0.2, -0.15) is 0 Å². The van der Waals surface area contributed by atoms with Crippen molar-refractivity contribution in [3.05, 3.63) is 34.9 Å². The quantitative estimate of drug-likeness (QED) is 0.658. The molecule has 0 saturated carbocycles. The highest BCUT2D eigenvalue weighted by Crippen LogP contribution is 2.20. The van der Waals surface area contributed by atoms with Gasteiger partial charge in [0.1, 0.15) is 0 Å². The normalized spacial score (nSPS) is 11.2. The van der Waals surface area contributed by atoms with Crippen LogP contribution < -0.4 is 16.1 Å². The van der Waals surface area contributed by atoms with Crippen molar-refractivity contribution >= 4 is 13.5 Å². The fourth-order valence-electron chi connectivity index (χ4n) is 1.29. The standard InChI is InChI=1S/C9H14N3O2P/c1-6-3-4-8(7(2)5-6)9(13)12-15(10,11)14/h3-5H,1-2H3,(H5,10,11,12,13,14). The molecule has 0 heterocycles. The number of hydrogen-bond donors (Lipinski definition) is 3. The third-order valence-electron chi connectivity index (χ3n) is 1.90. The van der Waals surface area contributed by atoms with Gasteiger partial charge >= 0.3 is 7.59 Å². The predicted molar refractivity (Wildman–Crippen MR) is 59.4 cm³/mol. The molecular weight excluding hydrogens is 213 g/mol. The number of nitrogens with one attached hydrogen (secondary N) is 1. The first-order valence-electron chi connectivity index (χ1n) is 4.36. The Morgan fingerprint density at radius 3 is 2.40 bits per heavy atom. The van der Waals surface area contributed by atoms with Crippen molar-refractivity contribution < 1.29 is 9.36 Å². The van der Waals surface area contributed by atoms with Crippen LogP contribution in [0.25, 0.3) is 0 Å². The van der Waals surface area contributed by atoms with E-state index in [9.17, 15) is 9.36 Å². The number of hydrogen-bond acceptors (Lipinski definition) is 2. The number of nitrogens with two attached hydrogens (primary N) is 2. The average molecular weight is 227 g/mol. The van der Waals surface area contributed by atoms with E-state index in [1.807, 2.05) is 13.0 Å². The van der Waals surface area contributed by atoms with Crippen molar-refractivity contribution in [3.8, 4) is 0 Å². The van der Waals surface area contributed by atoms with Gasteiger partial charge < -0.3 is 0 Å². The van der Waals surface area contributed by atoms with Gasteiger partial charge in [-0.05, 0) is 25.5 Å². The van der Waals surface area contributed by atoms with E-state index in [0.29, 0.717) is 5.56 Å². The second-order valence-corrected chi connectivity index (χ2v) is 5.11. The molecule has 0 aliphatic heterocycles. The van der Waals surface area contributed by atoms with E-state index in [1.165, 1.54) is 0 Å². The molecule has 5 nitrogen and oxygen atoms in total. The molecular formula is C9H14N3O2P. The fourth-order valence-corrected chi connectivity index (χ4v) is 1.73. The Morgan fingerprint density at radius 1 is 1.33 bits per heavy atom. The van der Waals surface area contributed by atoms with Crippen LogP contribution in [0.1, 0.15) is 21.5 Å². The third-order valence-corrected chi connectivity index (χ3v) is 2.46. The summed E-state index contributed by atoms with van der Waals surface area (Å²) in [7, 11) is -3.52. The molecule has 15 heavy (non-hydrogen) atoms. The zero-order valence-corrected chi connectivity index (χ0v) is 9.54. The molecule has 6 heteroatoms. The van der Waals surface area contributed by atoms with Gasteiger partial charge in [0.25, 0.3) is 5.91 Å². The maximum atomic E-state index is 11.5. The van der Waals surface area contributed by atoms with Crippen LogP contribution >= 0.6 is 7.59 Å². The highest BCUT2D eigenvalue weighted by atomic mass is 31.2. The van der Waals surface area contributed by atoms with Crippen molar-refractivity contribution in [3.63, 3.8) is 0 Å². The third kappa shape index (κ3) is 3.47. The van der Waals surface area contributed by atoms with Crippen LogP contribution in [0.5, 0.6) is 0 Å². The summed E-state index contributed by atoms with van der Waals surface area (Å²) in [5, 5.41) is 2.07. The van der Waals surface area contributed by atoms with E-state index >= 15 is 0 Å². The summed E-state index contributed by atoms with van der Waals surface area (Å²) in [6.07, 6.45) is 0. The number of amides is 1. The first kappa shape index (κ1) is 11.9. The average Bonchev–Trinajstić information content (AvgIpc) is 1.99. The van der Waals surface area contributed by atoms with Gasteiger partial charge in [0, 0.05) is 5.56 Å². The SMILES string of the molecule is Cc1ccc(C(=O)NP(N)(N)=O)c(C)c1. The molecule has 1 aromatic carbocycles. The molecule has 0 atom stereocenters. The first-order valence-corrected chi connectivity index (χ1v) is 6.21. The Bertz CT molecular complexity index is 439. The van der Waals surface area contributed by atoms with Crippen LogP contribution in [0, 0.1) is 13.8 Å². The maximum Gasteiger partial charge on any atom is 0.300 e.